The molecule has 0 aliphatic heterocycles. The standard InChI is InChI=1S/C31H29N3O4.Na/c35-28(25-16-19-32-26-11-5-4-10-24(25)26)33-23-14-12-21(13-15-23)20-27(29(36)37)34-30(38)31(17-6-7-18-31)22-8-2-1-3-9-22;/h1-5,8-16,19,27H,6-7,17-18,20H2,(H,33,35)(H,34,38)(H,36,37);/q;+1/p-1/t27-;/m0./s1. The van der Waals surface area contributed by atoms with Gasteiger partial charge in [-0.25, -0.2) is 0 Å². The second kappa shape index (κ2) is 12.6. The molecule has 4 aromatic rings. The van der Waals surface area contributed by atoms with E-state index < -0.39 is 17.4 Å². The first-order valence-electron chi connectivity index (χ1n) is 12.8. The largest absolute Gasteiger partial charge is 1.00 e. The number of amides is 2. The monoisotopic (exact) mass is 529 g/mol. The molecule has 39 heavy (non-hydrogen) atoms. The fourth-order valence-electron chi connectivity index (χ4n) is 5.32. The number of rotatable bonds is 8. The molecule has 192 valence electrons. The van der Waals surface area contributed by atoms with Crippen LogP contribution in [0.3, 0.4) is 0 Å². The van der Waals surface area contributed by atoms with Gasteiger partial charge < -0.3 is 20.5 Å². The van der Waals surface area contributed by atoms with Gasteiger partial charge in [-0.3, -0.25) is 14.6 Å². The number of pyridine rings is 1. The quantitative estimate of drug-likeness (QED) is 0.328. The number of anilines is 1. The average Bonchev–Trinajstić information content (AvgIpc) is 3.45. The maximum atomic E-state index is 13.4. The Kier molecular flexibility index (Phi) is 9.17. The maximum absolute atomic E-state index is 13.4. The van der Waals surface area contributed by atoms with E-state index in [4.69, 9.17) is 0 Å². The molecule has 0 spiro atoms. The van der Waals surface area contributed by atoms with Crippen LogP contribution in [0, 0.1) is 0 Å². The number of fused-ring (bicyclic) bond motifs is 1. The summed E-state index contributed by atoms with van der Waals surface area (Å²) < 4.78 is 0. The molecule has 0 unspecified atom stereocenters. The first-order valence-corrected chi connectivity index (χ1v) is 12.8. The summed E-state index contributed by atoms with van der Waals surface area (Å²) in [5.74, 6) is -1.87. The summed E-state index contributed by atoms with van der Waals surface area (Å²) in [6.07, 6.45) is 4.87. The molecular weight excluding hydrogens is 501 g/mol. The van der Waals surface area contributed by atoms with E-state index in [2.05, 4.69) is 15.6 Å². The molecule has 0 bridgehead atoms. The zero-order chi connectivity index (χ0) is 26.5. The molecule has 0 radical (unpaired) electrons. The van der Waals surface area contributed by atoms with Crippen LogP contribution >= 0.6 is 0 Å². The van der Waals surface area contributed by atoms with Crippen molar-refractivity contribution in [3.63, 3.8) is 0 Å². The van der Waals surface area contributed by atoms with Crippen LogP contribution in [0.15, 0.2) is 91.1 Å². The zero-order valence-electron chi connectivity index (χ0n) is 21.9. The molecule has 1 aliphatic rings. The normalized spacial score (nSPS) is 14.7. The number of carbonyl (C=O) groups excluding carboxylic acids is 3. The van der Waals surface area contributed by atoms with E-state index in [0.717, 1.165) is 29.3 Å². The number of nitrogens with one attached hydrogen (secondary N) is 2. The van der Waals surface area contributed by atoms with Crippen molar-refractivity contribution < 1.29 is 49.0 Å². The third-order valence-corrected chi connectivity index (χ3v) is 7.35. The van der Waals surface area contributed by atoms with Gasteiger partial charge in [-0.1, -0.05) is 73.5 Å². The fourth-order valence-corrected chi connectivity index (χ4v) is 5.32. The van der Waals surface area contributed by atoms with Crippen LogP contribution in [-0.2, 0) is 21.4 Å². The van der Waals surface area contributed by atoms with Gasteiger partial charge in [0.15, 0.2) is 0 Å². The molecule has 3 aromatic carbocycles. The van der Waals surface area contributed by atoms with Gasteiger partial charge in [0.25, 0.3) is 5.91 Å². The Morgan fingerprint density at radius 1 is 0.872 bits per heavy atom. The number of carboxylic acid groups (broad SMARTS) is 1. The fraction of sp³-hybridized carbons (Fsp3) is 0.226. The summed E-state index contributed by atoms with van der Waals surface area (Å²) in [6.45, 7) is 0. The predicted octanol–water partition coefficient (Wildman–Crippen LogP) is 0.780. The SMILES string of the molecule is O=C(Nc1ccc(C[C@H](NC(=O)C2(c3ccccc3)CCCC2)C(=O)[O-])cc1)c1ccnc2ccccc12.[Na+]. The Hall–Kier alpha value is -3.52. The number of para-hydroxylation sites is 1. The Morgan fingerprint density at radius 3 is 2.23 bits per heavy atom. The molecule has 1 heterocycles. The molecule has 2 amide bonds. The Labute approximate surface area is 249 Å². The van der Waals surface area contributed by atoms with Crippen molar-refractivity contribution >= 4 is 34.4 Å². The second-order valence-electron chi connectivity index (χ2n) is 9.73. The van der Waals surface area contributed by atoms with E-state index in [1.165, 1.54) is 0 Å². The van der Waals surface area contributed by atoms with Crippen molar-refractivity contribution in [2.45, 2.75) is 43.6 Å². The van der Waals surface area contributed by atoms with Gasteiger partial charge in [0.1, 0.15) is 0 Å². The van der Waals surface area contributed by atoms with Gasteiger partial charge in [-0.05, 0) is 54.7 Å². The van der Waals surface area contributed by atoms with E-state index in [-0.39, 0.29) is 47.8 Å². The molecule has 1 aliphatic carbocycles. The first-order chi connectivity index (χ1) is 18.5. The molecule has 7 nitrogen and oxygen atoms in total. The summed E-state index contributed by atoms with van der Waals surface area (Å²) in [5, 5.41) is 18.4. The molecule has 0 saturated heterocycles. The number of nitrogens with zero attached hydrogens (tertiary/aromatic N) is 1. The number of benzene rings is 3. The molecule has 5 rings (SSSR count). The number of carboxylic acids is 1. The topological polar surface area (TPSA) is 111 Å². The molecule has 1 atom stereocenters. The van der Waals surface area contributed by atoms with E-state index in [0.29, 0.717) is 29.7 Å². The molecule has 8 heteroatoms. The van der Waals surface area contributed by atoms with Gasteiger partial charge in [0.2, 0.25) is 5.91 Å². The minimum atomic E-state index is -1.33. The summed E-state index contributed by atoms with van der Waals surface area (Å²) >= 11 is 0. The Balaban J connectivity index is 0.00000353. The molecule has 1 saturated carbocycles. The van der Waals surface area contributed by atoms with Crippen LogP contribution in [0.1, 0.15) is 47.2 Å². The number of aliphatic carboxylic acids is 1. The Morgan fingerprint density at radius 2 is 1.54 bits per heavy atom. The predicted molar refractivity (Wildman–Crippen MR) is 143 cm³/mol. The van der Waals surface area contributed by atoms with Crippen molar-refractivity contribution in [3.05, 3.63) is 108 Å². The van der Waals surface area contributed by atoms with Crippen LogP contribution in [0.2, 0.25) is 0 Å². The van der Waals surface area contributed by atoms with Crippen molar-refractivity contribution in [1.29, 1.82) is 0 Å². The van der Waals surface area contributed by atoms with Crippen LogP contribution in [0.5, 0.6) is 0 Å². The molecule has 1 aromatic heterocycles. The van der Waals surface area contributed by atoms with Crippen LogP contribution in [-0.4, -0.2) is 28.8 Å². The van der Waals surface area contributed by atoms with Crippen molar-refractivity contribution in [2.75, 3.05) is 5.32 Å². The summed E-state index contributed by atoms with van der Waals surface area (Å²) in [6, 6.07) is 24.4. The van der Waals surface area contributed by atoms with Gasteiger partial charge in [0, 0.05) is 17.3 Å². The smallest absolute Gasteiger partial charge is 0.548 e. The second-order valence-corrected chi connectivity index (χ2v) is 9.73. The third kappa shape index (κ3) is 6.22. The van der Waals surface area contributed by atoms with Gasteiger partial charge in [-0.15, -0.1) is 0 Å². The zero-order valence-corrected chi connectivity index (χ0v) is 23.9. The van der Waals surface area contributed by atoms with Crippen molar-refractivity contribution in [1.82, 2.24) is 10.3 Å². The summed E-state index contributed by atoms with van der Waals surface area (Å²) in [7, 11) is 0. The van der Waals surface area contributed by atoms with Gasteiger partial charge >= 0.3 is 29.6 Å². The molecular formula is C31H28N3NaO4. The van der Waals surface area contributed by atoms with Gasteiger partial charge in [0.05, 0.1) is 28.5 Å². The minimum absolute atomic E-state index is 0. The number of aromatic nitrogens is 1. The first kappa shape index (κ1) is 28.5. The number of hydrogen-bond acceptors (Lipinski definition) is 5. The molecule has 2 N–H and O–H groups in total. The van der Waals surface area contributed by atoms with Gasteiger partial charge in [-0.2, -0.15) is 0 Å². The maximum Gasteiger partial charge on any atom is 1.00 e. The van der Waals surface area contributed by atoms with E-state index in [1.54, 1.807) is 36.5 Å². The Bertz CT molecular complexity index is 1460. The van der Waals surface area contributed by atoms with Crippen LogP contribution in [0.4, 0.5) is 5.69 Å². The van der Waals surface area contributed by atoms with Crippen LogP contribution in [0.25, 0.3) is 10.9 Å². The van der Waals surface area contributed by atoms with E-state index in [1.807, 2.05) is 54.6 Å². The van der Waals surface area contributed by atoms with Crippen LogP contribution < -0.4 is 45.3 Å². The third-order valence-electron chi connectivity index (χ3n) is 7.35. The van der Waals surface area contributed by atoms with E-state index in [9.17, 15) is 19.5 Å². The number of carbonyl (C=O) groups is 3. The van der Waals surface area contributed by atoms with Crippen molar-refractivity contribution in [3.8, 4) is 0 Å². The van der Waals surface area contributed by atoms with Crippen molar-refractivity contribution in [2.24, 2.45) is 0 Å². The minimum Gasteiger partial charge on any atom is -0.548 e. The summed E-state index contributed by atoms with van der Waals surface area (Å²) in [4.78, 5) is 42.6. The molecule has 1 fully saturated rings. The number of hydrogen-bond donors (Lipinski definition) is 2. The van der Waals surface area contributed by atoms with E-state index >= 15 is 0 Å². The summed E-state index contributed by atoms with van der Waals surface area (Å²) in [5.41, 5.74) is 2.71. The average molecular weight is 530 g/mol.